The van der Waals surface area contributed by atoms with Gasteiger partial charge >= 0.3 is 0 Å². The number of amides is 2. The van der Waals surface area contributed by atoms with Gasteiger partial charge in [-0.2, -0.15) is 0 Å². The Kier molecular flexibility index (Phi) is 5.09. The first-order valence-electron chi connectivity index (χ1n) is 7.24. The molecular weight excluding hydrogens is 330 g/mol. The lowest BCUT2D eigenvalue weighted by Crippen LogP contribution is -2.46. The van der Waals surface area contributed by atoms with Crippen molar-refractivity contribution in [1.82, 2.24) is 10.3 Å². The van der Waals surface area contributed by atoms with Gasteiger partial charge in [-0.3, -0.25) is 9.59 Å². The van der Waals surface area contributed by atoms with Crippen molar-refractivity contribution >= 4 is 23.4 Å². The van der Waals surface area contributed by atoms with E-state index in [1.165, 1.54) is 12.3 Å². The van der Waals surface area contributed by atoms with Crippen molar-refractivity contribution in [1.29, 1.82) is 0 Å². The monoisotopic (exact) mass is 347 g/mol. The van der Waals surface area contributed by atoms with Gasteiger partial charge in [0.15, 0.2) is 5.69 Å². The average Bonchev–Trinajstić information content (AvgIpc) is 2.45. The van der Waals surface area contributed by atoms with E-state index < -0.39 is 17.4 Å². The van der Waals surface area contributed by atoms with Gasteiger partial charge in [0.05, 0.1) is 0 Å². The molecule has 0 radical (unpaired) electrons. The van der Waals surface area contributed by atoms with Gasteiger partial charge in [0, 0.05) is 34.3 Å². The molecule has 126 valence electrons. The summed E-state index contributed by atoms with van der Waals surface area (Å²) in [5.41, 5.74) is 5.46. The normalized spacial score (nSPS) is 11.1. The summed E-state index contributed by atoms with van der Waals surface area (Å²) in [5, 5.41) is 13.3. The third-order valence-corrected chi connectivity index (χ3v) is 3.67. The molecule has 0 atom stereocenters. The summed E-state index contributed by atoms with van der Waals surface area (Å²) in [6.45, 7) is 3.32. The Bertz CT molecular complexity index is 790. The highest BCUT2D eigenvalue weighted by Gasteiger charge is 2.25. The Morgan fingerprint density at radius 2 is 2.00 bits per heavy atom. The van der Waals surface area contributed by atoms with Gasteiger partial charge in [0.1, 0.15) is 5.75 Å². The molecule has 4 N–H and O–H groups in total. The van der Waals surface area contributed by atoms with Gasteiger partial charge in [-0.05, 0) is 26.0 Å². The number of rotatable bonds is 5. The van der Waals surface area contributed by atoms with E-state index in [0.717, 1.165) is 0 Å². The Balaban J connectivity index is 2.26. The van der Waals surface area contributed by atoms with Gasteiger partial charge in [0.25, 0.3) is 5.91 Å². The predicted molar refractivity (Wildman–Crippen MR) is 91.7 cm³/mol. The van der Waals surface area contributed by atoms with Crippen LogP contribution >= 0.6 is 11.6 Å². The number of halogens is 1. The Morgan fingerprint density at radius 1 is 1.33 bits per heavy atom. The summed E-state index contributed by atoms with van der Waals surface area (Å²) in [5.74, 6) is -1.41. The molecule has 0 fully saturated rings. The number of nitrogens with two attached hydrogens (primary N) is 1. The number of aromatic nitrogens is 1. The van der Waals surface area contributed by atoms with E-state index in [0.29, 0.717) is 16.1 Å². The number of pyridine rings is 1. The second-order valence-electron chi connectivity index (χ2n) is 6.05. The van der Waals surface area contributed by atoms with E-state index in [-0.39, 0.29) is 17.9 Å². The van der Waals surface area contributed by atoms with Crippen molar-refractivity contribution in [3.8, 4) is 16.9 Å². The van der Waals surface area contributed by atoms with Crippen LogP contribution in [0.25, 0.3) is 11.1 Å². The summed E-state index contributed by atoms with van der Waals surface area (Å²) in [6.07, 6.45) is 1.42. The first-order valence-corrected chi connectivity index (χ1v) is 7.62. The van der Waals surface area contributed by atoms with Crippen LogP contribution in [0.2, 0.25) is 5.02 Å². The highest BCUT2D eigenvalue weighted by Crippen LogP contribution is 2.30. The van der Waals surface area contributed by atoms with E-state index in [4.69, 9.17) is 17.3 Å². The average molecular weight is 348 g/mol. The van der Waals surface area contributed by atoms with Gasteiger partial charge in [-0.1, -0.05) is 29.8 Å². The van der Waals surface area contributed by atoms with Gasteiger partial charge < -0.3 is 16.2 Å². The van der Waals surface area contributed by atoms with Crippen LogP contribution in [-0.4, -0.2) is 27.4 Å². The minimum atomic E-state index is -0.849. The van der Waals surface area contributed by atoms with E-state index in [1.54, 1.807) is 32.0 Å². The number of carbonyl (C=O) groups is 2. The van der Waals surface area contributed by atoms with Gasteiger partial charge in [-0.15, -0.1) is 0 Å². The summed E-state index contributed by atoms with van der Waals surface area (Å²) in [4.78, 5) is 27.3. The number of benzene rings is 1. The van der Waals surface area contributed by atoms with Crippen LogP contribution in [0.4, 0.5) is 0 Å². The fraction of sp³-hybridized carbons (Fsp3) is 0.235. The smallest absolute Gasteiger partial charge is 0.274 e. The second kappa shape index (κ2) is 6.88. The molecule has 6 nitrogen and oxygen atoms in total. The molecule has 2 amide bonds. The molecule has 0 bridgehead atoms. The SMILES string of the molecule is CC(C)(CC(N)=O)NC(=O)c1ncc(-c2ccccc2Cl)cc1O. The van der Waals surface area contributed by atoms with Crippen LogP contribution in [0.3, 0.4) is 0 Å². The first kappa shape index (κ1) is 17.7. The first-order chi connectivity index (χ1) is 11.2. The number of aromatic hydroxyl groups is 1. The number of hydrogen-bond donors (Lipinski definition) is 3. The maximum atomic E-state index is 12.3. The molecule has 1 aromatic heterocycles. The zero-order chi connectivity index (χ0) is 17.9. The lowest BCUT2D eigenvalue weighted by Gasteiger charge is -2.24. The van der Waals surface area contributed by atoms with E-state index in [9.17, 15) is 14.7 Å². The minimum Gasteiger partial charge on any atom is -0.505 e. The molecule has 2 rings (SSSR count). The lowest BCUT2D eigenvalue weighted by molar-refractivity contribution is -0.119. The van der Waals surface area contributed by atoms with Crippen LogP contribution < -0.4 is 11.1 Å². The number of carbonyl (C=O) groups excluding carboxylic acids is 2. The fourth-order valence-corrected chi connectivity index (χ4v) is 2.56. The predicted octanol–water partition coefficient (Wildman–Crippen LogP) is 2.49. The van der Waals surface area contributed by atoms with Crippen molar-refractivity contribution in [2.75, 3.05) is 0 Å². The van der Waals surface area contributed by atoms with Crippen LogP contribution in [-0.2, 0) is 4.79 Å². The van der Waals surface area contributed by atoms with Crippen LogP contribution in [0.15, 0.2) is 36.5 Å². The number of nitrogens with zero attached hydrogens (tertiary/aromatic N) is 1. The van der Waals surface area contributed by atoms with Crippen LogP contribution in [0.1, 0.15) is 30.8 Å². The number of primary amides is 1. The van der Waals surface area contributed by atoms with Crippen molar-refractivity contribution in [2.45, 2.75) is 25.8 Å². The Hall–Kier alpha value is -2.60. The molecule has 0 unspecified atom stereocenters. The zero-order valence-corrected chi connectivity index (χ0v) is 14.1. The van der Waals surface area contributed by atoms with Crippen molar-refractivity contribution in [2.24, 2.45) is 5.73 Å². The minimum absolute atomic E-state index is 0.0305. The zero-order valence-electron chi connectivity index (χ0n) is 13.3. The lowest BCUT2D eigenvalue weighted by atomic mass is 10.00. The maximum absolute atomic E-state index is 12.3. The topological polar surface area (TPSA) is 105 Å². The van der Waals surface area contributed by atoms with Crippen molar-refractivity contribution in [3.05, 3.63) is 47.2 Å². The quantitative estimate of drug-likeness (QED) is 0.772. The molecule has 0 aliphatic carbocycles. The standard InChI is InChI=1S/C17H18ClN3O3/c1-17(2,8-14(19)23)21-16(24)15-13(22)7-10(9-20-15)11-5-3-4-6-12(11)18/h3-7,9,22H,8H2,1-2H3,(H2,19,23)(H,21,24). The van der Waals surface area contributed by atoms with Crippen molar-refractivity contribution in [3.63, 3.8) is 0 Å². The molecular formula is C17H18ClN3O3. The molecule has 0 spiro atoms. The van der Waals surface area contributed by atoms with E-state index >= 15 is 0 Å². The van der Waals surface area contributed by atoms with Gasteiger partial charge in [0.2, 0.25) is 5.91 Å². The fourth-order valence-electron chi connectivity index (χ4n) is 2.32. The maximum Gasteiger partial charge on any atom is 0.274 e. The molecule has 24 heavy (non-hydrogen) atoms. The third-order valence-electron chi connectivity index (χ3n) is 3.34. The largest absolute Gasteiger partial charge is 0.505 e. The molecule has 1 heterocycles. The molecule has 7 heteroatoms. The third kappa shape index (κ3) is 4.23. The summed E-state index contributed by atoms with van der Waals surface area (Å²) in [7, 11) is 0. The Morgan fingerprint density at radius 3 is 2.58 bits per heavy atom. The summed E-state index contributed by atoms with van der Waals surface area (Å²) < 4.78 is 0. The van der Waals surface area contributed by atoms with Gasteiger partial charge in [-0.25, -0.2) is 4.98 Å². The van der Waals surface area contributed by atoms with Crippen molar-refractivity contribution < 1.29 is 14.7 Å². The van der Waals surface area contributed by atoms with E-state index in [1.807, 2.05) is 6.07 Å². The summed E-state index contributed by atoms with van der Waals surface area (Å²) >= 11 is 6.12. The van der Waals surface area contributed by atoms with Crippen LogP contribution in [0, 0.1) is 0 Å². The Labute approximate surface area is 144 Å². The highest BCUT2D eigenvalue weighted by molar-refractivity contribution is 6.33. The van der Waals surface area contributed by atoms with Crippen LogP contribution in [0.5, 0.6) is 5.75 Å². The van der Waals surface area contributed by atoms with E-state index in [2.05, 4.69) is 10.3 Å². The molecule has 2 aromatic rings. The molecule has 1 aromatic carbocycles. The highest BCUT2D eigenvalue weighted by atomic mass is 35.5. The number of hydrogen-bond acceptors (Lipinski definition) is 4. The molecule has 0 aliphatic rings. The second-order valence-corrected chi connectivity index (χ2v) is 6.46. The summed E-state index contributed by atoms with van der Waals surface area (Å²) in [6, 6.07) is 8.53. The molecule has 0 saturated heterocycles. The molecule has 0 aliphatic heterocycles. The number of nitrogens with one attached hydrogen (secondary N) is 1. The molecule has 0 saturated carbocycles.